The zero-order valence-corrected chi connectivity index (χ0v) is 34.4. The molecule has 1 aliphatic heterocycles. The molecule has 0 spiro atoms. The standard InChI is InChI=1S/C49H49N3O7/c1-29-25-35(28-34-12-10-16-42(57-5)47(34)58-6)44-40(26-29)43(38-13-7-8-15-41(38)50-44)49(54)59-30(2)48(53)52-46(32-19-23-37(56-4)24-20-32)39-14-9-11-33(45(39)51-52)27-31-17-21-36(55-3)22-18-31/h7-8,10,12-13,15-24,27-30,39,46H,9,11,14,25-26H2,1-6H3/b33-27-,35-28+. The molecule has 3 aliphatic rings. The van der Waals surface area contributed by atoms with Gasteiger partial charge in [-0.2, -0.15) is 5.10 Å². The number of hydrogen-bond acceptors (Lipinski definition) is 9. The molecule has 4 unspecified atom stereocenters. The largest absolute Gasteiger partial charge is 0.497 e. The van der Waals surface area contributed by atoms with Crippen LogP contribution in [0.1, 0.15) is 83.9 Å². The van der Waals surface area contributed by atoms with Gasteiger partial charge in [0.2, 0.25) is 0 Å². The number of nitrogens with zero attached hydrogens (tertiary/aromatic N) is 3. The molecule has 4 aromatic carbocycles. The Morgan fingerprint density at radius 1 is 0.797 bits per heavy atom. The highest BCUT2D eigenvalue weighted by atomic mass is 16.5. The van der Waals surface area contributed by atoms with E-state index in [-0.39, 0.29) is 17.9 Å². The molecular weight excluding hydrogens is 743 g/mol. The van der Waals surface area contributed by atoms with Gasteiger partial charge in [0.05, 0.1) is 57.0 Å². The number of fused-ring (bicyclic) bond motifs is 3. The Bertz CT molecular complexity index is 2490. The van der Waals surface area contributed by atoms with E-state index in [2.05, 4.69) is 19.1 Å². The third kappa shape index (κ3) is 7.67. The van der Waals surface area contributed by atoms with Gasteiger partial charge in [-0.25, -0.2) is 14.8 Å². The van der Waals surface area contributed by atoms with Crippen LogP contribution in [0.15, 0.2) is 102 Å². The quantitative estimate of drug-likeness (QED) is 0.129. The number of aromatic nitrogens is 1. The molecule has 0 saturated heterocycles. The van der Waals surface area contributed by atoms with Crippen molar-refractivity contribution in [2.75, 3.05) is 28.4 Å². The third-order valence-electron chi connectivity index (χ3n) is 11.7. The average Bonchev–Trinajstić information content (AvgIpc) is 3.66. The van der Waals surface area contributed by atoms with Gasteiger partial charge >= 0.3 is 5.97 Å². The predicted molar refractivity (Wildman–Crippen MR) is 230 cm³/mol. The molecule has 2 heterocycles. The summed E-state index contributed by atoms with van der Waals surface area (Å²) in [5.74, 6) is 1.95. The van der Waals surface area contributed by atoms with E-state index in [1.165, 1.54) is 0 Å². The highest BCUT2D eigenvalue weighted by molar-refractivity contribution is 6.09. The second-order valence-corrected chi connectivity index (χ2v) is 15.5. The van der Waals surface area contributed by atoms with E-state index in [1.807, 2.05) is 91.0 Å². The van der Waals surface area contributed by atoms with Gasteiger partial charge in [0.15, 0.2) is 17.6 Å². The first-order chi connectivity index (χ1) is 28.7. The fourth-order valence-electron chi connectivity index (χ4n) is 8.86. The SMILES string of the molecule is COc1ccc(/C=C2/CCCC3C2=NN(C(=O)C(C)OC(=O)c2c4c(nc5ccccc25)/C(=C/c2cccc(OC)c2OC)CC(C)C4)C3c2ccc(OC)cc2)cc1. The number of amides is 1. The summed E-state index contributed by atoms with van der Waals surface area (Å²) >= 11 is 0. The number of carbonyl (C=O) groups excluding carboxylic acids is 2. The van der Waals surface area contributed by atoms with Gasteiger partial charge in [-0.3, -0.25) is 4.79 Å². The summed E-state index contributed by atoms with van der Waals surface area (Å²) in [6.45, 7) is 3.80. The van der Waals surface area contributed by atoms with Crippen LogP contribution in [-0.2, 0) is 16.0 Å². The van der Waals surface area contributed by atoms with Crippen LogP contribution < -0.4 is 18.9 Å². The summed E-state index contributed by atoms with van der Waals surface area (Å²) in [4.78, 5) is 34.5. The van der Waals surface area contributed by atoms with Crippen molar-refractivity contribution in [3.8, 4) is 23.0 Å². The number of para-hydroxylation sites is 2. The molecule has 0 N–H and O–H groups in total. The molecule has 0 radical (unpaired) electrons. The summed E-state index contributed by atoms with van der Waals surface area (Å²) in [7, 11) is 6.53. The summed E-state index contributed by atoms with van der Waals surface area (Å²) in [6.07, 6.45) is 7.10. The zero-order valence-electron chi connectivity index (χ0n) is 34.4. The maximum Gasteiger partial charge on any atom is 0.339 e. The summed E-state index contributed by atoms with van der Waals surface area (Å²) in [6, 6.07) is 28.7. The van der Waals surface area contributed by atoms with Crippen molar-refractivity contribution in [1.29, 1.82) is 0 Å². The van der Waals surface area contributed by atoms with Crippen LogP contribution in [0.5, 0.6) is 23.0 Å². The van der Waals surface area contributed by atoms with E-state index in [9.17, 15) is 9.59 Å². The van der Waals surface area contributed by atoms with E-state index in [1.54, 1.807) is 40.4 Å². The lowest BCUT2D eigenvalue weighted by atomic mass is 9.77. The smallest absolute Gasteiger partial charge is 0.339 e. The van der Waals surface area contributed by atoms with Gasteiger partial charge in [-0.05, 0) is 121 Å². The molecule has 4 atom stereocenters. The lowest BCUT2D eigenvalue weighted by Gasteiger charge is -2.31. The topological polar surface area (TPSA) is 109 Å². The van der Waals surface area contributed by atoms with Crippen molar-refractivity contribution in [2.45, 2.75) is 58.1 Å². The summed E-state index contributed by atoms with van der Waals surface area (Å²) < 4.78 is 28.4. The molecule has 10 heteroatoms. The second kappa shape index (κ2) is 16.8. The molecule has 10 nitrogen and oxygen atoms in total. The van der Waals surface area contributed by atoms with Crippen LogP contribution in [0.3, 0.4) is 0 Å². The Labute approximate surface area is 345 Å². The monoisotopic (exact) mass is 791 g/mol. The van der Waals surface area contributed by atoms with Crippen molar-refractivity contribution < 1.29 is 33.3 Å². The minimum Gasteiger partial charge on any atom is -0.497 e. The van der Waals surface area contributed by atoms with Crippen molar-refractivity contribution >= 4 is 46.2 Å². The molecular formula is C49H49N3O7. The Morgan fingerprint density at radius 3 is 2.24 bits per heavy atom. The van der Waals surface area contributed by atoms with Gasteiger partial charge in [0.1, 0.15) is 11.5 Å². The number of benzene rings is 4. The molecule has 5 aromatic rings. The van der Waals surface area contributed by atoms with Gasteiger partial charge in [0, 0.05) is 16.9 Å². The predicted octanol–water partition coefficient (Wildman–Crippen LogP) is 9.76. The number of carbonyl (C=O) groups is 2. The molecule has 1 saturated carbocycles. The highest BCUT2D eigenvalue weighted by Gasteiger charge is 2.45. The summed E-state index contributed by atoms with van der Waals surface area (Å²) in [5.41, 5.74) is 8.40. The average molecular weight is 792 g/mol. The van der Waals surface area contributed by atoms with Gasteiger partial charge < -0.3 is 23.7 Å². The number of hydrazone groups is 1. The van der Waals surface area contributed by atoms with Crippen LogP contribution in [0.25, 0.3) is 28.6 Å². The van der Waals surface area contributed by atoms with E-state index in [0.717, 1.165) is 82.0 Å². The van der Waals surface area contributed by atoms with Crippen LogP contribution in [0, 0.1) is 11.8 Å². The number of hydrogen-bond donors (Lipinski definition) is 0. The maximum absolute atomic E-state index is 14.7. The molecule has 1 amide bonds. The third-order valence-corrected chi connectivity index (χ3v) is 11.7. The number of rotatable bonds is 10. The number of esters is 1. The minimum absolute atomic E-state index is 0.0421. The molecule has 302 valence electrons. The molecule has 59 heavy (non-hydrogen) atoms. The summed E-state index contributed by atoms with van der Waals surface area (Å²) in [5, 5.41) is 7.31. The molecule has 0 bridgehead atoms. The molecule has 1 fully saturated rings. The Morgan fingerprint density at radius 2 is 1.53 bits per heavy atom. The van der Waals surface area contributed by atoms with Crippen molar-refractivity contribution in [1.82, 2.24) is 9.99 Å². The lowest BCUT2D eigenvalue weighted by molar-refractivity contribution is -0.142. The van der Waals surface area contributed by atoms with Gasteiger partial charge in [-0.1, -0.05) is 61.5 Å². The van der Waals surface area contributed by atoms with Gasteiger partial charge in [-0.15, -0.1) is 0 Å². The first-order valence-electron chi connectivity index (χ1n) is 20.2. The fraction of sp³-hybridized carbons (Fsp3) is 0.306. The number of pyridine rings is 1. The van der Waals surface area contributed by atoms with Crippen molar-refractivity contribution in [3.05, 3.63) is 130 Å². The van der Waals surface area contributed by atoms with Crippen LogP contribution in [0.4, 0.5) is 0 Å². The first kappa shape index (κ1) is 39.4. The van der Waals surface area contributed by atoms with E-state index >= 15 is 0 Å². The maximum atomic E-state index is 14.7. The highest BCUT2D eigenvalue weighted by Crippen LogP contribution is 2.46. The normalized spacial score (nSPS) is 20.4. The van der Waals surface area contributed by atoms with Crippen molar-refractivity contribution in [3.63, 3.8) is 0 Å². The van der Waals surface area contributed by atoms with E-state index in [0.29, 0.717) is 34.4 Å². The Hall–Kier alpha value is -6.42. The molecule has 2 aliphatic carbocycles. The second-order valence-electron chi connectivity index (χ2n) is 15.5. The molecule has 1 aromatic heterocycles. The number of allylic oxidation sites excluding steroid dienone is 2. The van der Waals surface area contributed by atoms with Crippen LogP contribution in [-0.4, -0.2) is 62.1 Å². The van der Waals surface area contributed by atoms with E-state index in [4.69, 9.17) is 33.8 Å². The van der Waals surface area contributed by atoms with Crippen molar-refractivity contribution in [2.24, 2.45) is 16.9 Å². The Kier molecular flexibility index (Phi) is 11.2. The fourth-order valence-corrected chi connectivity index (χ4v) is 8.86. The lowest BCUT2D eigenvalue weighted by Crippen LogP contribution is -2.39. The zero-order chi connectivity index (χ0) is 41.2. The molecule has 8 rings (SSSR count). The number of methoxy groups -OCH3 is 4. The minimum atomic E-state index is -1.14. The number of ether oxygens (including phenoxy) is 5. The van der Waals surface area contributed by atoms with Gasteiger partial charge in [0.25, 0.3) is 5.91 Å². The van der Waals surface area contributed by atoms with Crippen LogP contribution in [0.2, 0.25) is 0 Å². The van der Waals surface area contributed by atoms with E-state index < -0.39 is 18.0 Å². The first-order valence-corrected chi connectivity index (χ1v) is 20.2. The van der Waals surface area contributed by atoms with Crippen LogP contribution >= 0.6 is 0 Å². The Balaban J connectivity index is 1.15.